The second-order valence-corrected chi connectivity index (χ2v) is 40.4. The number of esters is 2. The van der Waals surface area contributed by atoms with Crippen molar-refractivity contribution in [3.05, 3.63) is 98.7 Å². The molecule has 0 aromatic carbocycles. The molecule has 0 aromatic heterocycles. The predicted octanol–water partition coefficient (Wildman–Crippen LogP) is 10.9. The Kier molecular flexibility index (Phi) is 50.4. The average Bonchev–Trinajstić information content (AvgIpc) is 1.58. The second-order valence-electron chi connectivity index (χ2n) is 35.4. The molecule has 8 heterocycles. The maximum Gasteiger partial charge on any atom is 0.510 e. The van der Waals surface area contributed by atoms with Crippen molar-refractivity contribution in [1.29, 1.82) is 0 Å². The summed E-state index contributed by atoms with van der Waals surface area (Å²) in [5, 5.41) is 42.0. The molecule has 0 bridgehead atoms. The van der Waals surface area contributed by atoms with Gasteiger partial charge in [0.1, 0.15) is 94.5 Å². The Balaban J connectivity index is 0.000000353. The number of ether oxygens (including phenoxy) is 18. The van der Waals surface area contributed by atoms with Crippen molar-refractivity contribution in [3.8, 4) is 0 Å². The molecule has 4 saturated heterocycles. The average molecular weight is 2220 g/mol. The van der Waals surface area contributed by atoms with Crippen LogP contribution in [-0.2, 0) is 149 Å². The fraction of sp³-hybridized carbons (Fsp3) is 0.682. The molecule has 54 nitrogen and oxygen atoms in total. The molecule has 1 saturated carbocycles. The first-order chi connectivity index (χ1) is 69.6. The summed E-state index contributed by atoms with van der Waals surface area (Å²) in [5.41, 5.74) is 15.0. The molecule has 0 spiro atoms. The van der Waals surface area contributed by atoms with Gasteiger partial charge in [-0.05, 0) is 139 Å². The van der Waals surface area contributed by atoms with Crippen molar-refractivity contribution in [2.24, 2.45) is 60.7 Å². The molecule has 1 unspecified atom stereocenters. The van der Waals surface area contributed by atoms with E-state index in [1.54, 1.807) is 118 Å². The van der Waals surface area contributed by atoms with E-state index in [1.807, 2.05) is 0 Å². The van der Waals surface area contributed by atoms with Crippen molar-refractivity contribution >= 4 is 95.7 Å². The number of aliphatic hydroxyl groups excluding tert-OH is 4. The quantitative estimate of drug-likeness (QED) is 0.00922. The summed E-state index contributed by atoms with van der Waals surface area (Å²) in [6.45, 7) is 33.4. The number of aliphatic hydroxyl groups is 4. The van der Waals surface area contributed by atoms with Gasteiger partial charge in [0.25, 0.3) is 0 Å². The Hall–Kier alpha value is -10.8. The molecule has 150 heavy (non-hydrogen) atoms. The molecule has 852 valence electrons. The molecule has 0 amide bonds. The number of phosphoric ester groups is 3. The maximum absolute atomic E-state index is 15.6. The van der Waals surface area contributed by atoms with Gasteiger partial charge >= 0.3 is 72.3 Å². The van der Waals surface area contributed by atoms with Crippen LogP contribution in [0.15, 0.2) is 119 Å². The standard InChI is InChI=1S/C23H35FN3O12P.C22H34F2N3O12P.C22H35FN3O13P.C20H30FN3O5.CH4/c1-13(2)37-21(29)32-11-35-40(31,36-12-33-22(30)38-14(3)4)34-10-23(16-6-7-16)19(28)18(24)20(39-23)27-9-8-17(25)26-15(27)5;1-12(2)37-20(29)32-10-35-40(31,36-11-33-21(30)38-13(3)4)34-9-22(14(5)23)18(28)17(24)19(39-22)27-8-7-16(25)26-15(27)6;1-13(2)37-20(29)32-11-35-40(31,36-12-33-21(30)38-14(3)4)34-10-22(7-9-27)18(28)17(23)19(39-22)26-8-6-16(24)25-15(26)5;1-7-20(10-27-18(25)11(2)3)16(28-19(26)12(4)5)15(21)17(29-20)24-9-8-14(22)23-13(24)6;/h8-9,13-14,16,18-20,28H,5-7,10-12H2,1-4H3,(H2,25,26);7-8,12-14,17-19,28H,6,9-11H2,1-5H3,(H2,25,26);6,8,13-14,17-19,27-28H,5,7,9-12H2,1-4H3,(H2,24,25);8-9,11-12,15-17H,6-7,10H2,1-5H3,(H2,22,23);1H4/t18-,19+,20-,23+;14?,17-,18+,19-,22+;17-,18+,19-,22-;15-,16+,17-,20-;/m1111./s1. The van der Waals surface area contributed by atoms with Crippen LogP contribution in [0.5, 0.6) is 0 Å². The zero-order chi connectivity index (χ0) is 112. The lowest BCUT2D eigenvalue weighted by Gasteiger charge is -2.35. The summed E-state index contributed by atoms with van der Waals surface area (Å²) in [6.07, 6.45) is -20.9. The number of hydrogen-bond donors (Lipinski definition) is 8. The Morgan fingerprint density at radius 3 is 0.987 bits per heavy atom. The van der Waals surface area contributed by atoms with Crippen molar-refractivity contribution in [1.82, 2.24) is 19.6 Å². The van der Waals surface area contributed by atoms with Crippen LogP contribution in [0.4, 0.5) is 50.7 Å². The summed E-state index contributed by atoms with van der Waals surface area (Å²) < 4.78 is 253. The molecule has 12 N–H and O–H groups in total. The molecule has 0 aromatic rings. The number of alkyl halides is 5. The molecule has 17 atom stereocenters. The number of hydrogen-bond acceptors (Lipinski definition) is 54. The smallest absolute Gasteiger partial charge is 0.462 e. The van der Waals surface area contributed by atoms with Gasteiger partial charge in [-0.15, -0.1) is 0 Å². The van der Waals surface area contributed by atoms with Gasteiger partial charge in [-0.3, -0.25) is 23.2 Å². The first kappa shape index (κ1) is 130. The Morgan fingerprint density at radius 1 is 0.407 bits per heavy atom. The number of amidine groups is 4. The SMILES string of the molecule is C.C=C1N=C(N)C=CN1[C@@H]1O[C@@](COP(=O)(OCOC(=O)OC(C)C)OCOC(=O)OC(C)C)(C(C)F)[C@@H](O)[C@H]1F.C=C1N=C(N)C=CN1[C@@H]1O[C@@](COP(=O)(OCOC(=O)OC(C)C)OCOC(=O)OC(C)C)(C2CC2)[C@@H](O)[C@H]1F.C=C1N=C(N)C=CN1[C@@H]1O[C@](CC)(COC(=O)C(C)C)[C@@H](OC(=O)C(C)C)[C@H]1F.C=C1N=C(N)C=CN1[C@@H]1O[C@](CCO)(COP(=O)(OCOC(=O)OC(C)C)OCOC(=O)OC(C)C)[C@@H](O)[C@H]1F. The van der Waals surface area contributed by atoms with Crippen LogP contribution >= 0.6 is 23.5 Å². The lowest BCUT2D eigenvalue weighted by molar-refractivity contribution is -0.183. The highest BCUT2D eigenvalue weighted by Gasteiger charge is 2.66. The third-order valence-corrected chi connectivity index (χ3v) is 24.9. The summed E-state index contributed by atoms with van der Waals surface area (Å²) >= 11 is 0. The lowest BCUT2D eigenvalue weighted by atomic mass is 9.91. The van der Waals surface area contributed by atoms with Crippen LogP contribution in [0.25, 0.3) is 0 Å². The van der Waals surface area contributed by atoms with E-state index in [-0.39, 0.29) is 78.9 Å². The van der Waals surface area contributed by atoms with Gasteiger partial charge in [0.15, 0.2) is 61.3 Å². The molecular formula is C88H138F5N12O42P3. The molecule has 9 rings (SSSR count). The number of nitrogens with two attached hydrogens (primary N) is 4. The van der Waals surface area contributed by atoms with Gasteiger partial charge < -0.3 is 148 Å². The van der Waals surface area contributed by atoms with Crippen LogP contribution in [0, 0.1) is 17.8 Å². The largest absolute Gasteiger partial charge is 0.510 e. The molecule has 5 fully saturated rings. The summed E-state index contributed by atoms with van der Waals surface area (Å²) in [5.74, 6) is -1.42. The number of rotatable bonds is 47. The van der Waals surface area contributed by atoms with Crippen molar-refractivity contribution in [3.63, 3.8) is 0 Å². The minimum Gasteiger partial charge on any atom is -0.462 e. The lowest BCUT2D eigenvalue weighted by Crippen LogP contribution is -2.52. The number of carbonyl (C=O) groups excluding carboxylic acids is 8. The minimum absolute atomic E-state index is 0. The van der Waals surface area contributed by atoms with Gasteiger partial charge in [-0.2, -0.15) is 0 Å². The van der Waals surface area contributed by atoms with Crippen molar-refractivity contribution in [2.75, 3.05) is 73.8 Å². The summed E-state index contributed by atoms with van der Waals surface area (Å²) in [4.78, 5) is 115. The topological polar surface area (TPSA) is 684 Å². The fourth-order valence-corrected chi connectivity index (χ4v) is 16.4. The van der Waals surface area contributed by atoms with Crippen LogP contribution in [0.1, 0.15) is 158 Å². The van der Waals surface area contributed by atoms with E-state index in [1.165, 1.54) is 58.9 Å². The zero-order valence-electron chi connectivity index (χ0n) is 85.2. The summed E-state index contributed by atoms with van der Waals surface area (Å²) in [6, 6.07) is 0. The van der Waals surface area contributed by atoms with Crippen LogP contribution < -0.4 is 22.9 Å². The fourth-order valence-electron chi connectivity index (χ4n) is 13.6. The van der Waals surface area contributed by atoms with Gasteiger partial charge in [0, 0.05) is 37.8 Å². The number of nitrogens with zero attached hydrogens (tertiary/aromatic N) is 8. The number of carbonyl (C=O) groups is 8. The van der Waals surface area contributed by atoms with Gasteiger partial charge in [-0.1, -0.05) is 68.4 Å². The highest BCUT2D eigenvalue weighted by Crippen LogP contribution is 2.58. The van der Waals surface area contributed by atoms with Crippen LogP contribution in [-0.4, -0.2) is 325 Å². The molecule has 0 radical (unpaired) electrons. The van der Waals surface area contributed by atoms with Crippen LogP contribution in [0.3, 0.4) is 0 Å². The maximum atomic E-state index is 15.6. The Morgan fingerprint density at radius 2 is 0.693 bits per heavy atom. The van der Waals surface area contributed by atoms with Crippen LogP contribution in [0.2, 0.25) is 0 Å². The Bertz CT molecular complexity index is 4750. The van der Waals surface area contributed by atoms with E-state index in [4.69, 9.17) is 130 Å². The first-order valence-corrected chi connectivity index (χ1v) is 50.5. The van der Waals surface area contributed by atoms with E-state index in [9.17, 15) is 76.9 Å². The van der Waals surface area contributed by atoms with E-state index in [0.717, 1.165) is 16.7 Å². The normalized spacial score (nSPS) is 26.3. The highest BCUT2D eigenvalue weighted by molar-refractivity contribution is 7.49. The van der Waals surface area contributed by atoms with E-state index in [0.29, 0.717) is 12.8 Å². The van der Waals surface area contributed by atoms with Crippen molar-refractivity contribution < 1.29 is 220 Å². The molecule has 62 heteroatoms. The third kappa shape index (κ3) is 37.6. The first-order valence-electron chi connectivity index (χ1n) is 46.1. The monoisotopic (exact) mass is 2220 g/mol. The minimum atomic E-state index is -4.88. The van der Waals surface area contributed by atoms with E-state index < -0.39 is 291 Å². The predicted molar refractivity (Wildman–Crippen MR) is 510 cm³/mol. The highest BCUT2D eigenvalue weighted by atomic mass is 31.2. The number of phosphoric acid groups is 3. The third-order valence-electron chi connectivity index (χ3n) is 21.1. The van der Waals surface area contributed by atoms with E-state index in [2.05, 4.69) is 65.2 Å². The summed E-state index contributed by atoms with van der Waals surface area (Å²) in [7, 11) is -14.4. The van der Waals surface area contributed by atoms with Gasteiger partial charge in [-0.25, -0.2) is 112 Å². The van der Waals surface area contributed by atoms with E-state index >= 15 is 17.6 Å². The molecule has 9 aliphatic rings. The van der Waals surface area contributed by atoms with Gasteiger partial charge in [0.2, 0.25) is 40.8 Å². The number of aliphatic imine (C=N–C) groups is 4. The molecular weight excluding hydrogens is 2080 g/mol. The van der Waals surface area contributed by atoms with Crippen molar-refractivity contribution in [2.45, 2.75) is 297 Å². The molecule has 1 aliphatic carbocycles. The number of halogens is 5. The zero-order valence-corrected chi connectivity index (χ0v) is 87.9. The second kappa shape index (κ2) is 58.3. The Labute approximate surface area is 862 Å². The molecule has 8 aliphatic heterocycles. The van der Waals surface area contributed by atoms with Gasteiger partial charge in [0.05, 0.1) is 68.3 Å².